The van der Waals surface area contributed by atoms with Crippen molar-refractivity contribution in [3.8, 4) is 0 Å². The third kappa shape index (κ3) is 4.08. The van der Waals surface area contributed by atoms with Crippen molar-refractivity contribution in [2.45, 2.75) is 51.5 Å². The predicted molar refractivity (Wildman–Crippen MR) is 95.1 cm³/mol. The van der Waals surface area contributed by atoms with Crippen LogP contribution in [-0.2, 0) is 9.59 Å². The first kappa shape index (κ1) is 17.6. The number of anilines is 1. The Balaban J connectivity index is 1.73. The van der Waals surface area contributed by atoms with Gasteiger partial charge in [0.25, 0.3) is 0 Å². The van der Waals surface area contributed by atoms with E-state index in [1.807, 2.05) is 24.9 Å². The molecule has 1 atom stereocenters. The number of nitrogens with one attached hydrogen (secondary N) is 1. The second-order valence-corrected chi connectivity index (χ2v) is 6.85. The first-order chi connectivity index (χ1) is 12.1. The van der Waals surface area contributed by atoms with Crippen molar-refractivity contribution in [1.29, 1.82) is 0 Å². The summed E-state index contributed by atoms with van der Waals surface area (Å²) in [5, 5.41) is 3.05. The Bertz CT molecular complexity index is 648. The molecule has 7 heteroatoms. The van der Waals surface area contributed by atoms with Gasteiger partial charge in [-0.25, -0.2) is 9.97 Å². The van der Waals surface area contributed by atoms with Crippen molar-refractivity contribution in [1.82, 2.24) is 19.8 Å². The van der Waals surface area contributed by atoms with E-state index in [4.69, 9.17) is 0 Å². The van der Waals surface area contributed by atoms with Gasteiger partial charge in [-0.3, -0.25) is 9.59 Å². The number of aryl methyl sites for hydroxylation is 1. The van der Waals surface area contributed by atoms with E-state index < -0.39 is 0 Å². The highest BCUT2D eigenvalue weighted by Gasteiger charge is 2.33. The summed E-state index contributed by atoms with van der Waals surface area (Å²) in [4.78, 5) is 37.5. The summed E-state index contributed by atoms with van der Waals surface area (Å²) < 4.78 is 0. The van der Waals surface area contributed by atoms with Crippen LogP contribution in [-0.4, -0.2) is 58.3 Å². The molecule has 2 saturated heterocycles. The molecular weight excluding hydrogens is 318 g/mol. The van der Waals surface area contributed by atoms with Crippen molar-refractivity contribution >= 4 is 17.6 Å². The molecule has 0 aliphatic carbocycles. The Hall–Kier alpha value is -2.18. The molecule has 0 saturated carbocycles. The van der Waals surface area contributed by atoms with Crippen LogP contribution in [0.25, 0.3) is 0 Å². The van der Waals surface area contributed by atoms with Gasteiger partial charge < -0.3 is 15.1 Å². The maximum absolute atomic E-state index is 12.9. The zero-order valence-electron chi connectivity index (χ0n) is 15.1. The molecule has 3 rings (SSSR count). The average Bonchev–Trinajstić information content (AvgIpc) is 3.01. The lowest BCUT2D eigenvalue weighted by Gasteiger charge is -2.28. The summed E-state index contributed by atoms with van der Waals surface area (Å²) in [6.45, 7) is 3.47. The molecule has 3 heterocycles. The highest BCUT2D eigenvalue weighted by atomic mass is 16.2. The van der Waals surface area contributed by atoms with E-state index in [0.717, 1.165) is 50.2 Å². The molecule has 2 aliphatic rings. The quantitative estimate of drug-likeness (QED) is 0.902. The average molecular weight is 345 g/mol. The number of rotatable bonds is 4. The topological polar surface area (TPSA) is 78.4 Å². The Kier molecular flexibility index (Phi) is 5.50. The number of amides is 2. The van der Waals surface area contributed by atoms with E-state index in [-0.39, 0.29) is 24.4 Å². The van der Waals surface area contributed by atoms with Crippen LogP contribution in [0.2, 0.25) is 0 Å². The van der Waals surface area contributed by atoms with E-state index in [0.29, 0.717) is 18.8 Å². The van der Waals surface area contributed by atoms with Gasteiger partial charge in [0.2, 0.25) is 11.8 Å². The number of aromatic nitrogens is 2. The van der Waals surface area contributed by atoms with Gasteiger partial charge in [-0.05, 0) is 32.6 Å². The number of nitrogens with zero attached hydrogens (tertiary/aromatic N) is 4. The molecule has 7 nitrogen and oxygen atoms in total. The molecule has 0 radical (unpaired) electrons. The van der Waals surface area contributed by atoms with E-state index in [9.17, 15) is 9.59 Å². The van der Waals surface area contributed by atoms with Crippen LogP contribution < -0.4 is 5.32 Å². The van der Waals surface area contributed by atoms with Gasteiger partial charge in [0.05, 0.1) is 18.3 Å². The number of likely N-dealkylation sites (tertiary alicyclic amines) is 2. The van der Waals surface area contributed by atoms with Gasteiger partial charge in [-0.15, -0.1) is 0 Å². The summed E-state index contributed by atoms with van der Waals surface area (Å²) >= 11 is 0. The zero-order valence-corrected chi connectivity index (χ0v) is 15.1. The highest BCUT2D eigenvalue weighted by Crippen LogP contribution is 2.32. The van der Waals surface area contributed by atoms with Gasteiger partial charge in [0.1, 0.15) is 11.6 Å². The van der Waals surface area contributed by atoms with Crippen LogP contribution >= 0.6 is 0 Å². The lowest BCUT2D eigenvalue weighted by Crippen LogP contribution is -2.42. The molecule has 0 aromatic carbocycles. The molecule has 2 amide bonds. The largest absolute Gasteiger partial charge is 0.373 e. The number of carbonyl (C=O) groups excluding carboxylic acids is 2. The van der Waals surface area contributed by atoms with Crippen LogP contribution in [0.1, 0.15) is 56.1 Å². The van der Waals surface area contributed by atoms with Crippen molar-refractivity contribution in [2.75, 3.05) is 32.0 Å². The second-order valence-electron chi connectivity index (χ2n) is 6.85. The summed E-state index contributed by atoms with van der Waals surface area (Å²) in [5.41, 5.74) is 0.880. The minimum absolute atomic E-state index is 0.0246. The Labute approximate surface area is 148 Å². The summed E-state index contributed by atoms with van der Waals surface area (Å²) in [6, 6.07) is 1.89. The van der Waals surface area contributed by atoms with Gasteiger partial charge in [0.15, 0.2) is 0 Å². The number of hydrogen-bond donors (Lipinski definition) is 1. The predicted octanol–water partition coefficient (Wildman–Crippen LogP) is 1.89. The van der Waals surface area contributed by atoms with Crippen molar-refractivity contribution in [2.24, 2.45) is 0 Å². The first-order valence-electron chi connectivity index (χ1n) is 9.19. The van der Waals surface area contributed by atoms with Gasteiger partial charge in [-0.2, -0.15) is 0 Å². The Morgan fingerprint density at radius 3 is 2.88 bits per heavy atom. The summed E-state index contributed by atoms with van der Waals surface area (Å²) in [7, 11) is 1.83. The van der Waals surface area contributed by atoms with E-state index in [1.54, 1.807) is 4.90 Å². The number of carbonyl (C=O) groups is 2. The zero-order chi connectivity index (χ0) is 17.8. The molecular formula is C18H27N5O2. The molecule has 1 N–H and O–H groups in total. The van der Waals surface area contributed by atoms with Crippen molar-refractivity contribution in [3.63, 3.8) is 0 Å². The van der Waals surface area contributed by atoms with E-state index in [2.05, 4.69) is 15.3 Å². The Morgan fingerprint density at radius 2 is 2.08 bits per heavy atom. The molecule has 1 aromatic heterocycles. The highest BCUT2D eigenvalue weighted by molar-refractivity contribution is 5.85. The van der Waals surface area contributed by atoms with E-state index in [1.165, 1.54) is 0 Å². The molecule has 2 aliphatic heterocycles. The first-order valence-corrected chi connectivity index (χ1v) is 9.19. The fourth-order valence-corrected chi connectivity index (χ4v) is 3.72. The molecule has 1 aromatic rings. The molecule has 0 bridgehead atoms. The molecule has 2 fully saturated rings. The standard InChI is InChI=1S/C18H27N5O2/c1-13-20-14(11-16(19-2)21-13)15-7-6-10-23(15)18(25)12-22-9-5-3-4-8-17(22)24/h11,15H,3-10,12H2,1-2H3,(H,19,20,21). The molecule has 1 unspecified atom stereocenters. The van der Waals surface area contributed by atoms with Gasteiger partial charge in [-0.1, -0.05) is 6.42 Å². The monoisotopic (exact) mass is 345 g/mol. The van der Waals surface area contributed by atoms with Crippen molar-refractivity contribution < 1.29 is 9.59 Å². The summed E-state index contributed by atoms with van der Waals surface area (Å²) in [6.07, 6.45) is 5.41. The summed E-state index contributed by atoms with van der Waals surface area (Å²) in [5.74, 6) is 1.60. The smallest absolute Gasteiger partial charge is 0.242 e. The SMILES string of the molecule is CNc1cc(C2CCCN2C(=O)CN2CCCCCC2=O)nc(C)n1. The molecule has 0 spiro atoms. The lowest BCUT2D eigenvalue weighted by molar-refractivity contribution is -0.140. The molecule has 25 heavy (non-hydrogen) atoms. The Morgan fingerprint density at radius 1 is 1.24 bits per heavy atom. The maximum Gasteiger partial charge on any atom is 0.242 e. The molecule has 136 valence electrons. The normalized spacial score (nSPS) is 21.4. The second kappa shape index (κ2) is 7.80. The van der Waals surface area contributed by atoms with Crippen molar-refractivity contribution in [3.05, 3.63) is 17.6 Å². The fourth-order valence-electron chi connectivity index (χ4n) is 3.72. The third-order valence-corrected chi connectivity index (χ3v) is 5.03. The van der Waals surface area contributed by atoms with Gasteiger partial charge in [0, 0.05) is 32.6 Å². The minimum atomic E-state index is -0.0246. The van der Waals surface area contributed by atoms with Crippen LogP contribution in [0.5, 0.6) is 0 Å². The van der Waals surface area contributed by atoms with Crippen LogP contribution in [0.3, 0.4) is 0 Å². The van der Waals surface area contributed by atoms with Gasteiger partial charge >= 0.3 is 0 Å². The lowest BCUT2D eigenvalue weighted by atomic mass is 10.1. The maximum atomic E-state index is 12.9. The van der Waals surface area contributed by atoms with E-state index >= 15 is 0 Å². The van der Waals surface area contributed by atoms with Crippen LogP contribution in [0.15, 0.2) is 6.07 Å². The minimum Gasteiger partial charge on any atom is -0.373 e. The van der Waals surface area contributed by atoms with Crippen LogP contribution in [0.4, 0.5) is 5.82 Å². The third-order valence-electron chi connectivity index (χ3n) is 5.03. The number of hydrogen-bond acceptors (Lipinski definition) is 5. The fraction of sp³-hybridized carbons (Fsp3) is 0.667. The van der Waals surface area contributed by atoms with Crippen LogP contribution in [0, 0.1) is 6.92 Å².